The summed E-state index contributed by atoms with van der Waals surface area (Å²) in [5.41, 5.74) is 4.57. The fourth-order valence-electron chi connectivity index (χ4n) is 4.40. The predicted octanol–water partition coefficient (Wildman–Crippen LogP) is 5.46. The highest BCUT2D eigenvalue weighted by Gasteiger charge is 2.31. The number of hydrogen-bond acceptors (Lipinski definition) is 7. The Morgan fingerprint density at radius 1 is 1.05 bits per heavy atom. The summed E-state index contributed by atoms with van der Waals surface area (Å²) in [5, 5.41) is 4.51. The van der Waals surface area contributed by atoms with E-state index in [4.69, 9.17) is 4.74 Å². The van der Waals surface area contributed by atoms with Gasteiger partial charge in [0.25, 0.3) is 15.9 Å². The summed E-state index contributed by atoms with van der Waals surface area (Å²) in [5.74, 6) is -1.04. The first-order valence-electron chi connectivity index (χ1n) is 11.6. The van der Waals surface area contributed by atoms with Gasteiger partial charge in [0, 0.05) is 24.5 Å². The molecule has 4 rings (SSSR count). The molecule has 2 heterocycles. The zero-order valence-corrected chi connectivity index (χ0v) is 22.4. The van der Waals surface area contributed by atoms with Crippen molar-refractivity contribution in [1.29, 1.82) is 0 Å². The molecule has 204 valence electrons. The van der Waals surface area contributed by atoms with Crippen molar-refractivity contribution in [3.8, 4) is 5.75 Å². The fraction of sp³-hybridized carbons (Fsp3) is 0.320. The number of aryl methyl sites for hydroxylation is 2. The highest BCUT2D eigenvalue weighted by atomic mass is 32.2. The molecule has 0 spiro atoms. The van der Waals surface area contributed by atoms with Crippen molar-refractivity contribution in [3.05, 3.63) is 63.3 Å². The number of hydrogen-bond donors (Lipinski definition) is 2. The number of sulfonamides is 1. The van der Waals surface area contributed by atoms with Crippen molar-refractivity contribution in [2.24, 2.45) is 0 Å². The average Bonchev–Trinajstić information content (AvgIpc) is 3.29. The molecule has 1 aliphatic heterocycles. The second-order valence-corrected chi connectivity index (χ2v) is 11.3. The van der Waals surface area contributed by atoms with E-state index in [0.29, 0.717) is 18.9 Å². The van der Waals surface area contributed by atoms with Crippen LogP contribution in [0, 0.1) is 20.8 Å². The molecule has 8 nitrogen and oxygen atoms in total. The van der Waals surface area contributed by atoms with Gasteiger partial charge < -0.3 is 19.7 Å². The van der Waals surface area contributed by atoms with Gasteiger partial charge >= 0.3 is 6.36 Å². The SMILES string of the molecule is Cc1cc(C)c(N2CCOCC2)c(C)c1NC(=O)c1sccc1NS(=O)(=O)c1ccc(OC(F)(F)F)cc1. The monoisotopic (exact) mass is 569 g/mol. The van der Waals surface area contributed by atoms with Crippen LogP contribution in [0.2, 0.25) is 0 Å². The van der Waals surface area contributed by atoms with Crippen LogP contribution >= 0.6 is 11.3 Å². The minimum absolute atomic E-state index is 0.0546. The third-order valence-corrected chi connectivity index (χ3v) is 8.27. The summed E-state index contributed by atoms with van der Waals surface area (Å²) in [6.45, 7) is 8.55. The summed E-state index contributed by atoms with van der Waals surface area (Å²) < 4.78 is 74.5. The van der Waals surface area contributed by atoms with Gasteiger partial charge in [0.15, 0.2) is 0 Å². The molecule has 2 aromatic carbocycles. The van der Waals surface area contributed by atoms with Crippen molar-refractivity contribution < 1.29 is 35.9 Å². The molecule has 3 aromatic rings. The van der Waals surface area contributed by atoms with Crippen molar-refractivity contribution in [2.75, 3.05) is 41.2 Å². The highest BCUT2D eigenvalue weighted by Crippen LogP contribution is 2.35. The molecule has 1 fully saturated rings. The number of nitrogens with one attached hydrogen (secondary N) is 2. The minimum Gasteiger partial charge on any atom is -0.406 e. The molecule has 0 atom stereocenters. The number of rotatable bonds is 7. The van der Waals surface area contributed by atoms with Gasteiger partial charge in [-0.15, -0.1) is 24.5 Å². The van der Waals surface area contributed by atoms with Crippen LogP contribution in [0.1, 0.15) is 26.4 Å². The Bertz CT molecular complexity index is 1430. The van der Waals surface area contributed by atoms with Crippen LogP contribution in [-0.2, 0) is 14.8 Å². The summed E-state index contributed by atoms with van der Waals surface area (Å²) in [4.78, 5) is 15.4. The van der Waals surface area contributed by atoms with Crippen molar-refractivity contribution in [2.45, 2.75) is 32.0 Å². The number of halogens is 3. The lowest BCUT2D eigenvalue weighted by Crippen LogP contribution is -2.37. The molecule has 0 saturated carbocycles. The van der Waals surface area contributed by atoms with Gasteiger partial charge in [-0.05, 0) is 73.2 Å². The van der Waals surface area contributed by atoms with Gasteiger partial charge in [0.2, 0.25) is 0 Å². The Kier molecular flexibility index (Phi) is 7.90. The number of alkyl halides is 3. The molecular formula is C25H26F3N3O5S2. The van der Waals surface area contributed by atoms with E-state index in [-0.39, 0.29) is 15.5 Å². The molecule has 0 aliphatic carbocycles. The van der Waals surface area contributed by atoms with Gasteiger partial charge in [-0.2, -0.15) is 0 Å². The first kappa shape index (κ1) is 27.7. The molecule has 1 aromatic heterocycles. The number of thiophene rings is 1. The van der Waals surface area contributed by atoms with Gasteiger partial charge in [0.05, 0.1) is 23.8 Å². The summed E-state index contributed by atoms with van der Waals surface area (Å²) in [6.07, 6.45) is -4.89. The van der Waals surface area contributed by atoms with E-state index in [0.717, 1.165) is 71.1 Å². The van der Waals surface area contributed by atoms with E-state index in [9.17, 15) is 26.4 Å². The van der Waals surface area contributed by atoms with Crippen LogP contribution in [0.25, 0.3) is 0 Å². The van der Waals surface area contributed by atoms with E-state index in [1.807, 2.05) is 26.8 Å². The van der Waals surface area contributed by atoms with Crippen molar-refractivity contribution in [1.82, 2.24) is 0 Å². The largest absolute Gasteiger partial charge is 0.573 e. The second kappa shape index (κ2) is 10.8. The van der Waals surface area contributed by atoms with Crippen LogP contribution < -0.4 is 19.7 Å². The van der Waals surface area contributed by atoms with Gasteiger partial charge in [0.1, 0.15) is 10.6 Å². The quantitative estimate of drug-likeness (QED) is 0.392. The van der Waals surface area contributed by atoms with Gasteiger partial charge in [-0.1, -0.05) is 6.07 Å². The standard InChI is InChI=1S/C25H26F3N3O5S2/c1-15-14-16(2)22(31-9-11-35-12-10-31)17(3)21(15)29-24(32)23-20(8-13-37-23)30-38(33,34)19-6-4-18(5-7-19)36-25(26,27)28/h4-8,13-14,30H,9-12H2,1-3H3,(H,29,32). The van der Waals surface area contributed by atoms with Crippen molar-refractivity contribution >= 4 is 44.3 Å². The smallest absolute Gasteiger partial charge is 0.406 e. The molecule has 1 amide bonds. The number of anilines is 3. The number of benzene rings is 2. The molecule has 13 heteroatoms. The summed E-state index contributed by atoms with van der Waals surface area (Å²) >= 11 is 1.06. The number of ether oxygens (including phenoxy) is 2. The van der Waals surface area contributed by atoms with Gasteiger partial charge in [-0.25, -0.2) is 8.42 Å². The molecule has 1 aliphatic rings. The molecule has 38 heavy (non-hydrogen) atoms. The second-order valence-electron chi connectivity index (χ2n) is 8.70. The lowest BCUT2D eigenvalue weighted by Gasteiger charge is -2.32. The number of nitrogens with zero attached hydrogens (tertiary/aromatic N) is 1. The Hall–Kier alpha value is -3.29. The first-order chi connectivity index (χ1) is 17.9. The van der Waals surface area contributed by atoms with E-state index in [2.05, 4.69) is 19.7 Å². The molecule has 0 radical (unpaired) electrons. The Morgan fingerprint density at radius 2 is 1.71 bits per heavy atom. The summed E-state index contributed by atoms with van der Waals surface area (Å²) in [7, 11) is -4.19. The Labute approximate surface area is 222 Å². The van der Waals surface area contributed by atoms with Crippen LogP contribution in [0.15, 0.2) is 46.7 Å². The highest BCUT2D eigenvalue weighted by molar-refractivity contribution is 7.92. The average molecular weight is 570 g/mol. The number of carbonyl (C=O) groups excluding carboxylic acids is 1. The molecule has 2 N–H and O–H groups in total. The number of amides is 1. The van der Waals surface area contributed by atoms with Gasteiger partial charge in [-0.3, -0.25) is 9.52 Å². The van der Waals surface area contributed by atoms with E-state index >= 15 is 0 Å². The van der Waals surface area contributed by atoms with Crippen LogP contribution in [-0.4, -0.2) is 47.0 Å². The van der Waals surface area contributed by atoms with Crippen LogP contribution in [0.4, 0.5) is 30.2 Å². The maximum Gasteiger partial charge on any atom is 0.573 e. The van der Waals surface area contributed by atoms with Crippen LogP contribution in [0.3, 0.4) is 0 Å². The molecule has 0 unspecified atom stereocenters. The molecule has 0 bridgehead atoms. The fourth-order valence-corrected chi connectivity index (χ4v) is 6.28. The third-order valence-electron chi connectivity index (χ3n) is 5.98. The molecular weight excluding hydrogens is 543 g/mol. The normalized spacial score (nSPS) is 14.3. The van der Waals surface area contributed by atoms with E-state index < -0.39 is 28.0 Å². The lowest BCUT2D eigenvalue weighted by atomic mass is 10.0. The first-order valence-corrected chi connectivity index (χ1v) is 13.9. The zero-order chi connectivity index (χ0) is 27.7. The van der Waals surface area contributed by atoms with Crippen molar-refractivity contribution in [3.63, 3.8) is 0 Å². The zero-order valence-electron chi connectivity index (χ0n) is 20.8. The lowest BCUT2D eigenvalue weighted by molar-refractivity contribution is -0.274. The minimum atomic E-state index is -4.89. The number of morpholine rings is 1. The Morgan fingerprint density at radius 3 is 2.34 bits per heavy atom. The van der Waals surface area contributed by atoms with E-state index in [1.165, 1.54) is 6.07 Å². The maximum absolute atomic E-state index is 13.3. The maximum atomic E-state index is 13.3. The molecule has 1 saturated heterocycles. The third kappa shape index (κ3) is 6.22. The summed E-state index contributed by atoms with van der Waals surface area (Å²) in [6, 6.07) is 7.23. The van der Waals surface area contributed by atoms with E-state index in [1.54, 1.807) is 5.38 Å². The topological polar surface area (TPSA) is 97.0 Å². The number of carbonyl (C=O) groups is 1. The predicted molar refractivity (Wildman–Crippen MR) is 140 cm³/mol. The van der Waals surface area contributed by atoms with Crippen LogP contribution in [0.5, 0.6) is 5.75 Å². The Balaban J connectivity index is 1.55.